The Labute approximate surface area is 679 Å². The van der Waals surface area contributed by atoms with Gasteiger partial charge in [-0.15, -0.1) is 0 Å². The summed E-state index contributed by atoms with van der Waals surface area (Å²) in [4.78, 5) is 81.9. The molecule has 0 amide bonds. The number of carbonyl (C=O) groups is 6. The van der Waals surface area contributed by atoms with E-state index in [-0.39, 0.29) is 143 Å². The molecule has 0 spiro atoms. The molecule has 3 radical (unpaired) electrons. The first kappa shape index (κ1) is 97.1. The van der Waals surface area contributed by atoms with Crippen molar-refractivity contribution in [2.24, 2.45) is 31.8 Å². The van der Waals surface area contributed by atoms with Crippen LogP contribution < -0.4 is 0 Å². The molecule has 1 saturated carbocycles. The van der Waals surface area contributed by atoms with Crippen LogP contribution in [0.3, 0.4) is 0 Å². The van der Waals surface area contributed by atoms with Gasteiger partial charge in [0.15, 0.2) is 0 Å². The molecule has 9 aromatic rings. The van der Waals surface area contributed by atoms with Crippen molar-refractivity contribution in [1.29, 1.82) is 0 Å². The number of aliphatic imine (C=N–C) groups is 4. The molecule has 17 heteroatoms. The van der Waals surface area contributed by atoms with Crippen LogP contribution in [-0.4, -0.2) is 93.1 Å². The summed E-state index contributed by atoms with van der Waals surface area (Å²) in [7, 11) is 0. The molecule has 0 heterocycles. The normalized spacial score (nSPS) is 12.2. The van der Waals surface area contributed by atoms with Crippen LogP contribution >= 0.6 is 0 Å². The van der Waals surface area contributed by atoms with Crippen molar-refractivity contribution in [1.82, 2.24) is 0 Å². The fraction of sp³-hybridized carbons (Fsp3) is 0.200. The number of hydrogen-bond donors (Lipinski definition) is 4. The summed E-state index contributed by atoms with van der Waals surface area (Å²) in [5.74, 6) is -0.110. The number of phenolic OH excluding ortho intramolecular Hbond substituents is 4. The van der Waals surface area contributed by atoms with E-state index >= 15 is 0 Å². The predicted molar refractivity (Wildman–Crippen MR) is 430 cm³/mol. The minimum atomic E-state index is -0.507. The summed E-state index contributed by atoms with van der Waals surface area (Å²) < 4.78 is 0. The molecule has 10 rings (SSSR count). The Morgan fingerprint density at radius 2 is 0.682 bits per heavy atom. The van der Waals surface area contributed by atoms with Crippen molar-refractivity contribution in [3.8, 4) is 23.0 Å². The summed E-state index contributed by atoms with van der Waals surface area (Å²) in [5, 5.41) is 39.7. The molecule has 0 saturated heterocycles. The largest absolute Gasteiger partial charge is 0.507 e. The second kappa shape index (κ2) is 56.4. The van der Waals surface area contributed by atoms with Crippen LogP contribution in [0.15, 0.2) is 283 Å². The number of aromatic hydroxyl groups is 4. The molecule has 14 nitrogen and oxygen atoms in total. The SMILES string of the molecule is C=Cc1ccc(C(N=Cc2ccccc2O)C(N=Cc2ccccc2O)c2ccc(C=C)cc2)cc1.C=Cc1ccccc1.C=Cc1ccccc1.CC.CC(=O)C(C(C)=O)C(C)c1ccccc1.CC(=O)C1CCC1=O.CC(=O)CC(C)=O.Oc1ccccc1C=NCCN=Cc1ccccc1O.[Au].[Au].[Au]. The van der Waals surface area contributed by atoms with E-state index in [4.69, 9.17) is 9.98 Å². The summed E-state index contributed by atoms with van der Waals surface area (Å²) >= 11 is 0. The Balaban J connectivity index is 0.00000134. The van der Waals surface area contributed by atoms with Gasteiger partial charge in [-0.2, -0.15) is 0 Å². The minimum Gasteiger partial charge on any atom is -0.507 e. The van der Waals surface area contributed by atoms with Crippen LogP contribution in [0.5, 0.6) is 23.0 Å². The molecule has 0 aliphatic heterocycles. The molecule has 1 fully saturated rings. The summed E-state index contributed by atoms with van der Waals surface area (Å²) in [5.41, 5.74) is 9.94. The van der Waals surface area contributed by atoms with Crippen molar-refractivity contribution < 1.29 is 116 Å². The molecule has 1 aliphatic carbocycles. The van der Waals surface area contributed by atoms with Gasteiger partial charge in [-0.25, -0.2) is 0 Å². The van der Waals surface area contributed by atoms with Crippen LogP contribution in [0.2, 0.25) is 0 Å². The van der Waals surface area contributed by atoms with Gasteiger partial charge in [-0.05, 0) is 134 Å². The van der Waals surface area contributed by atoms with Gasteiger partial charge in [0.1, 0.15) is 69.8 Å². The van der Waals surface area contributed by atoms with E-state index in [0.29, 0.717) is 41.8 Å². The van der Waals surface area contributed by atoms with Gasteiger partial charge in [-0.3, -0.25) is 48.7 Å². The number of nitrogens with zero attached hydrogens (tertiary/aromatic N) is 4. The van der Waals surface area contributed by atoms with E-state index in [1.807, 2.05) is 209 Å². The van der Waals surface area contributed by atoms with Gasteiger partial charge >= 0.3 is 0 Å². The third-order valence-electron chi connectivity index (χ3n) is 15.5. The molecule has 0 aromatic heterocycles. The molecular formula is C90H98Au3N4O10. The van der Waals surface area contributed by atoms with E-state index in [0.717, 1.165) is 34.2 Å². The monoisotopic (exact) mass is 1990 g/mol. The topological polar surface area (TPSA) is 233 Å². The fourth-order valence-electron chi connectivity index (χ4n) is 9.81. The van der Waals surface area contributed by atoms with Gasteiger partial charge in [0, 0.05) is 121 Å². The number of Topliss-reactive ketones (excluding diaryl/α,β-unsaturated/α-hetero) is 6. The van der Waals surface area contributed by atoms with Crippen molar-refractivity contribution in [2.45, 2.75) is 92.7 Å². The first-order chi connectivity index (χ1) is 50.1. The first-order valence-corrected chi connectivity index (χ1v) is 34.2. The van der Waals surface area contributed by atoms with Crippen LogP contribution in [-0.2, 0) is 95.9 Å². The zero-order chi connectivity index (χ0) is 76.6. The van der Waals surface area contributed by atoms with Gasteiger partial charge in [0.2, 0.25) is 0 Å². The van der Waals surface area contributed by atoms with Crippen LogP contribution in [0, 0.1) is 11.8 Å². The molecule has 107 heavy (non-hydrogen) atoms. The van der Waals surface area contributed by atoms with Gasteiger partial charge in [-0.1, -0.05) is 259 Å². The van der Waals surface area contributed by atoms with E-state index in [1.54, 1.807) is 97.7 Å². The average molecular weight is 1990 g/mol. The number of carbonyl (C=O) groups excluding carboxylic acids is 6. The van der Waals surface area contributed by atoms with Gasteiger partial charge in [0.05, 0.1) is 31.3 Å². The Morgan fingerprint density at radius 3 is 0.907 bits per heavy atom. The summed E-state index contributed by atoms with van der Waals surface area (Å²) in [6.45, 7) is 29.2. The molecule has 4 atom stereocenters. The Bertz CT molecular complexity index is 4040. The molecule has 9 aromatic carbocycles. The molecule has 4 unspecified atom stereocenters. The smallest absolute Gasteiger partial charge is 0.143 e. The van der Waals surface area contributed by atoms with Crippen LogP contribution in [0.25, 0.3) is 24.3 Å². The zero-order valence-corrected chi connectivity index (χ0v) is 68.3. The first-order valence-electron chi connectivity index (χ1n) is 34.2. The number of phenols is 4. The number of ketones is 6. The van der Waals surface area contributed by atoms with E-state index in [2.05, 4.69) is 36.3 Å². The van der Waals surface area contributed by atoms with Crippen molar-refractivity contribution in [2.75, 3.05) is 13.1 Å². The van der Waals surface area contributed by atoms with E-state index < -0.39 is 18.0 Å². The Hall–Kier alpha value is -9.94. The third kappa shape index (κ3) is 37.7. The molecule has 0 bridgehead atoms. The number of benzene rings is 9. The fourth-order valence-corrected chi connectivity index (χ4v) is 9.81. The molecular weight excluding hydrogens is 1890 g/mol. The quantitative estimate of drug-likeness (QED) is 0.0205. The van der Waals surface area contributed by atoms with Crippen LogP contribution in [0.4, 0.5) is 0 Å². The standard InChI is InChI=1S/C32H28N2O2.C16H16N2O2.C13H16O2.2C8H8.C6H8O2.C5H8O2.C2H6.3Au/c1-3-23-13-17-25(18-14-23)31(33-21-27-9-5-7-11-29(27)35)32(26-19-15-24(4-2)16-20-26)34-22-28-10-6-8-12-30(28)36;19-15-7-3-1-5-13(15)11-17-9-10-18-12-14-6-2-4-8-16(14)20;1-9(12-7-5-4-6-8-12)13(10(2)14)11(3)15;2*1-2-8-6-4-3-5-7-8;1-4(7)5-2-3-6(5)8;1-4(6)3-5(2)7;1-2;;;/h3-22,31-32,35-36H,1-2H2;1-8,11-12,19-20H,9-10H2;4-9,13H,1-3H3;2*2-7H,1H2;5H,2-3H2,1H3;3H2,1-2H3;1-2H3;;;. The van der Waals surface area contributed by atoms with Crippen LogP contribution in [0.1, 0.15) is 154 Å². The van der Waals surface area contributed by atoms with Gasteiger partial charge in [0.25, 0.3) is 0 Å². The van der Waals surface area contributed by atoms with Crippen molar-refractivity contribution in [3.05, 3.63) is 324 Å². The second-order valence-corrected chi connectivity index (χ2v) is 23.4. The van der Waals surface area contributed by atoms with E-state index in [9.17, 15) is 49.2 Å². The van der Waals surface area contributed by atoms with Gasteiger partial charge < -0.3 is 20.4 Å². The average Bonchev–Trinajstić information content (AvgIpc) is 0.865. The zero-order valence-electron chi connectivity index (χ0n) is 61.8. The number of rotatable bonds is 23. The molecule has 1 aliphatic rings. The molecule has 571 valence electrons. The maximum absolute atomic E-state index is 11.4. The van der Waals surface area contributed by atoms with E-state index in [1.165, 1.54) is 45.7 Å². The maximum atomic E-state index is 11.4. The predicted octanol–water partition coefficient (Wildman–Crippen LogP) is 19.4. The van der Waals surface area contributed by atoms with Crippen molar-refractivity contribution >= 4 is 83.9 Å². The second-order valence-electron chi connectivity index (χ2n) is 23.4. The maximum Gasteiger partial charge on any atom is 0.143 e. The Kier molecular flexibility index (Phi) is 51.2. The molecule has 4 N–H and O–H groups in total. The number of hydrogen-bond acceptors (Lipinski definition) is 14. The van der Waals surface area contributed by atoms with Crippen molar-refractivity contribution in [3.63, 3.8) is 0 Å². The Morgan fingerprint density at radius 1 is 0.402 bits per heavy atom. The minimum absolute atomic E-state index is 0. The summed E-state index contributed by atoms with van der Waals surface area (Å²) in [6.07, 6.45) is 15.4. The summed E-state index contributed by atoms with van der Waals surface area (Å²) in [6, 6.07) is 73.2. The third-order valence-corrected chi connectivity index (χ3v) is 15.5. The number of para-hydroxylation sites is 4.